The largest absolute Gasteiger partial charge is 0.497 e. The van der Waals surface area contributed by atoms with E-state index < -0.39 is 0 Å². The number of amides is 2. The number of rotatable bonds is 7. The van der Waals surface area contributed by atoms with Crippen molar-refractivity contribution in [3.8, 4) is 5.75 Å². The van der Waals surface area contributed by atoms with Gasteiger partial charge in [0.2, 0.25) is 11.8 Å². The van der Waals surface area contributed by atoms with Crippen LogP contribution in [0.25, 0.3) is 0 Å². The molecule has 0 saturated heterocycles. The van der Waals surface area contributed by atoms with Gasteiger partial charge in [-0.15, -0.1) is 0 Å². The molecular formula is C23H26N2O3. The van der Waals surface area contributed by atoms with Crippen molar-refractivity contribution < 1.29 is 14.3 Å². The molecule has 2 unspecified atom stereocenters. The zero-order valence-electron chi connectivity index (χ0n) is 16.2. The molecule has 2 atom stereocenters. The van der Waals surface area contributed by atoms with Gasteiger partial charge >= 0.3 is 0 Å². The van der Waals surface area contributed by atoms with Gasteiger partial charge in [0, 0.05) is 31.1 Å². The summed E-state index contributed by atoms with van der Waals surface area (Å²) in [5.74, 6) is 1.36. The van der Waals surface area contributed by atoms with Crippen LogP contribution >= 0.6 is 0 Å². The number of carbonyl (C=O) groups excluding carboxylic acids is 2. The normalized spacial score (nSPS) is 19.8. The Balaban J connectivity index is 1.20. The quantitative estimate of drug-likeness (QED) is 0.752. The molecular weight excluding hydrogens is 352 g/mol. The van der Waals surface area contributed by atoms with Crippen molar-refractivity contribution in [3.63, 3.8) is 0 Å². The fourth-order valence-corrected chi connectivity index (χ4v) is 4.04. The highest BCUT2D eigenvalue weighted by Crippen LogP contribution is 2.48. The van der Waals surface area contributed by atoms with Crippen LogP contribution in [-0.2, 0) is 16.0 Å². The first-order valence-corrected chi connectivity index (χ1v) is 9.97. The maximum atomic E-state index is 12.5. The van der Waals surface area contributed by atoms with Gasteiger partial charge in [-0.3, -0.25) is 9.59 Å². The predicted molar refractivity (Wildman–Crippen MR) is 109 cm³/mol. The number of nitrogens with zero attached hydrogens (tertiary/aromatic N) is 1. The Labute approximate surface area is 165 Å². The minimum Gasteiger partial charge on any atom is -0.497 e. The summed E-state index contributed by atoms with van der Waals surface area (Å²) in [6, 6.07) is 16.0. The van der Waals surface area contributed by atoms with Crippen LogP contribution in [0.3, 0.4) is 0 Å². The van der Waals surface area contributed by atoms with E-state index in [0.29, 0.717) is 19.4 Å². The molecule has 1 saturated carbocycles. The number of ether oxygens (including phenoxy) is 1. The standard InChI is InChI=1S/C23H26N2O3/c1-28-18-8-4-7-17(14-18)19-15-20(19)23(27)24-12-5-10-22(26)25-13-11-16-6-2-3-9-21(16)25/h2-4,6-9,14,19-20H,5,10-13,15H2,1H3,(H,24,27). The second-order valence-corrected chi connectivity index (χ2v) is 7.54. The van der Waals surface area contributed by atoms with Crippen LogP contribution in [0.2, 0.25) is 0 Å². The SMILES string of the molecule is COc1cccc(C2CC2C(=O)NCCCC(=O)N2CCc3ccccc32)c1. The monoisotopic (exact) mass is 378 g/mol. The molecule has 2 aliphatic rings. The molecule has 2 aromatic carbocycles. The van der Waals surface area contributed by atoms with Crippen molar-refractivity contribution >= 4 is 17.5 Å². The number of nitrogens with one attached hydrogen (secondary N) is 1. The van der Waals surface area contributed by atoms with E-state index in [1.165, 1.54) is 5.56 Å². The molecule has 0 spiro atoms. The summed E-state index contributed by atoms with van der Waals surface area (Å²) >= 11 is 0. The van der Waals surface area contributed by atoms with Gasteiger partial charge in [0.1, 0.15) is 5.75 Å². The minimum absolute atomic E-state index is 0.0354. The van der Waals surface area contributed by atoms with Gasteiger partial charge in [0.25, 0.3) is 0 Å². The van der Waals surface area contributed by atoms with Crippen LogP contribution in [0, 0.1) is 5.92 Å². The third-order valence-electron chi connectivity index (χ3n) is 5.70. The molecule has 0 aromatic heterocycles. The van der Waals surface area contributed by atoms with Gasteiger partial charge < -0.3 is 15.0 Å². The molecule has 4 rings (SSSR count). The van der Waals surface area contributed by atoms with E-state index in [0.717, 1.165) is 36.4 Å². The Morgan fingerprint density at radius 3 is 2.89 bits per heavy atom. The fourth-order valence-electron chi connectivity index (χ4n) is 4.04. The summed E-state index contributed by atoms with van der Waals surface area (Å²) < 4.78 is 5.26. The third kappa shape index (κ3) is 3.88. The summed E-state index contributed by atoms with van der Waals surface area (Å²) in [5, 5.41) is 3.00. The molecule has 1 aliphatic heterocycles. The van der Waals surface area contributed by atoms with Crippen LogP contribution in [-0.4, -0.2) is 32.0 Å². The lowest BCUT2D eigenvalue weighted by Crippen LogP contribution is -2.31. The van der Waals surface area contributed by atoms with Gasteiger partial charge in [-0.2, -0.15) is 0 Å². The number of benzene rings is 2. The second kappa shape index (κ2) is 8.05. The Bertz CT molecular complexity index is 880. The van der Waals surface area contributed by atoms with E-state index in [-0.39, 0.29) is 23.7 Å². The van der Waals surface area contributed by atoms with Crippen molar-refractivity contribution in [1.29, 1.82) is 0 Å². The molecule has 1 aliphatic carbocycles. The predicted octanol–water partition coefficient (Wildman–Crippen LogP) is 3.28. The molecule has 0 bridgehead atoms. The topological polar surface area (TPSA) is 58.6 Å². The van der Waals surface area contributed by atoms with E-state index in [1.54, 1.807) is 7.11 Å². The first-order chi connectivity index (χ1) is 13.7. The first-order valence-electron chi connectivity index (χ1n) is 9.97. The van der Waals surface area contributed by atoms with E-state index in [4.69, 9.17) is 4.74 Å². The van der Waals surface area contributed by atoms with Crippen molar-refractivity contribution in [2.24, 2.45) is 5.92 Å². The number of hydrogen-bond acceptors (Lipinski definition) is 3. The van der Waals surface area contributed by atoms with Gasteiger partial charge in [-0.05, 0) is 54.5 Å². The summed E-state index contributed by atoms with van der Waals surface area (Å²) in [6.45, 7) is 1.30. The maximum absolute atomic E-state index is 12.5. The van der Waals surface area contributed by atoms with Crippen LogP contribution < -0.4 is 15.0 Å². The second-order valence-electron chi connectivity index (χ2n) is 7.54. The zero-order chi connectivity index (χ0) is 19.5. The lowest BCUT2D eigenvalue weighted by atomic mass is 10.1. The average molecular weight is 378 g/mol. The molecule has 0 radical (unpaired) electrons. The molecule has 146 valence electrons. The average Bonchev–Trinajstić information content (AvgIpc) is 3.42. The number of hydrogen-bond donors (Lipinski definition) is 1. The minimum atomic E-state index is 0.0354. The van der Waals surface area contributed by atoms with Crippen LogP contribution in [0.5, 0.6) is 5.75 Å². The summed E-state index contributed by atoms with van der Waals surface area (Å²) in [6.07, 6.45) is 2.92. The molecule has 1 heterocycles. The first kappa shape index (κ1) is 18.5. The molecule has 5 heteroatoms. The number of fused-ring (bicyclic) bond motifs is 1. The summed E-state index contributed by atoms with van der Waals surface area (Å²) in [7, 11) is 1.65. The Morgan fingerprint density at radius 2 is 2.04 bits per heavy atom. The van der Waals surface area contributed by atoms with Gasteiger partial charge in [-0.1, -0.05) is 30.3 Å². The smallest absolute Gasteiger partial charge is 0.227 e. The van der Waals surface area contributed by atoms with E-state index in [1.807, 2.05) is 47.4 Å². The molecule has 2 aromatic rings. The molecule has 28 heavy (non-hydrogen) atoms. The number of methoxy groups -OCH3 is 1. The summed E-state index contributed by atoms with van der Waals surface area (Å²) in [4.78, 5) is 26.7. The Morgan fingerprint density at radius 1 is 1.18 bits per heavy atom. The van der Waals surface area contributed by atoms with Crippen LogP contribution in [0.1, 0.15) is 36.3 Å². The van der Waals surface area contributed by atoms with E-state index in [2.05, 4.69) is 11.4 Å². The van der Waals surface area contributed by atoms with Crippen molar-refractivity contribution in [2.75, 3.05) is 25.1 Å². The van der Waals surface area contributed by atoms with Gasteiger partial charge in [-0.25, -0.2) is 0 Å². The van der Waals surface area contributed by atoms with Crippen molar-refractivity contribution in [3.05, 3.63) is 59.7 Å². The Hall–Kier alpha value is -2.82. The Kier molecular flexibility index (Phi) is 5.33. The lowest BCUT2D eigenvalue weighted by molar-refractivity contribution is -0.123. The van der Waals surface area contributed by atoms with Crippen LogP contribution in [0.4, 0.5) is 5.69 Å². The molecule has 2 amide bonds. The van der Waals surface area contributed by atoms with E-state index >= 15 is 0 Å². The zero-order valence-corrected chi connectivity index (χ0v) is 16.2. The number of carbonyl (C=O) groups is 2. The van der Waals surface area contributed by atoms with Crippen LogP contribution in [0.15, 0.2) is 48.5 Å². The molecule has 5 nitrogen and oxygen atoms in total. The number of anilines is 1. The van der Waals surface area contributed by atoms with E-state index in [9.17, 15) is 9.59 Å². The highest BCUT2D eigenvalue weighted by atomic mass is 16.5. The molecule has 1 fully saturated rings. The lowest BCUT2D eigenvalue weighted by Gasteiger charge is -2.17. The van der Waals surface area contributed by atoms with Crippen molar-refractivity contribution in [2.45, 2.75) is 31.6 Å². The van der Waals surface area contributed by atoms with Crippen molar-refractivity contribution in [1.82, 2.24) is 5.32 Å². The van der Waals surface area contributed by atoms with Gasteiger partial charge in [0.05, 0.1) is 7.11 Å². The molecule has 1 N–H and O–H groups in total. The summed E-state index contributed by atoms with van der Waals surface area (Å²) in [5.41, 5.74) is 3.43. The highest BCUT2D eigenvalue weighted by Gasteiger charge is 2.43. The number of para-hydroxylation sites is 1. The fraction of sp³-hybridized carbons (Fsp3) is 0.391. The highest BCUT2D eigenvalue weighted by molar-refractivity contribution is 5.95. The van der Waals surface area contributed by atoms with Gasteiger partial charge in [0.15, 0.2) is 0 Å². The maximum Gasteiger partial charge on any atom is 0.227 e. The third-order valence-corrected chi connectivity index (χ3v) is 5.70.